The van der Waals surface area contributed by atoms with Crippen LogP contribution in [0.2, 0.25) is 0 Å². The van der Waals surface area contributed by atoms with E-state index >= 15 is 0 Å². The summed E-state index contributed by atoms with van der Waals surface area (Å²) in [5, 5.41) is 30.5. The fourth-order valence-corrected chi connectivity index (χ4v) is 8.66. The Hall–Kier alpha value is -1.30. The second kappa shape index (κ2) is 52.7. The van der Waals surface area contributed by atoms with Crippen LogP contribution < -0.4 is 5.32 Å². The van der Waals surface area contributed by atoms with Crippen LogP contribution in [0, 0.1) is 0 Å². The summed E-state index contributed by atoms with van der Waals surface area (Å²) < 4.78 is 17.3. The minimum absolute atomic E-state index is 0.0246. The van der Waals surface area contributed by atoms with Crippen LogP contribution in [-0.4, -0.2) is 111 Å². The van der Waals surface area contributed by atoms with Gasteiger partial charge in [-0.05, 0) is 149 Å². The van der Waals surface area contributed by atoms with Crippen LogP contribution in [0.5, 0.6) is 0 Å². The van der Waals surface area contributed by atoms with Crippen molar-refractivity contribution in [2.45, 2.75) is 269 Å². The lowest BCUT2D eigenvalue weighted by molar-refractivity contribution is -0.151. The fourth-order valence-electron chi connectivity index (χ4n) is 8.66. The molecule has 10 heteroatoms. The maximum Gasteiger partial charge on any atom is 0.306 e. The quantitative estimate of drug-likeness (QED) is 0.0345. The molecule has 1 atom stereocenters. The van der Waals surface area contributed by atoms with Gasteiger partial charge in [0.15, 0.2) is 0 Å². The fraction of sp³-hybridized carbons (Fsp3) is 0.963. The highest BCUT2D eigenvalue weighted by Crippen LogP contribution is 2.20. The van der Waals surface area contributed by atoms with Crippen LogP contribution in [-0.2, 0) is 23.8 Å². The molecule has 0 rings (SSSR count). The molecule has 64 heavy (non-hydrogen) atoms. The summed E-state index contributed by atoms with van der Waals surface area (Å²) in [5.74, 6) is -0.0543. The highest BCUT2D eigenvalue weighted by Gasteiger charge is 2.16. The number of carbonyl (C=O) groups excluding carboxylic acids is 2. The lowest BCUT2D eigenvalue weighted by Crippen LogP contribution is -2.23. The van der Waals surface area contributed by atoms with Gasteiger partial charge < -0.3 is 39.7 Å². The lowest BCUT2D eigenvalue weighted by Gasteiger charge is -2.19. The Morgan fingerprint density at radius 3 is 1.06 bits per heavy atom. The first-order chi connectivity index (χ1) is 31.5. The predicted molar refractivity (Wildman–Crippen MR) is 268 cm³/mol. The molecule has 0 aliphatic heterocycles. The highest BCUT2D eigenvalue weighted by atomic mass is 16.5. The molecule has 0 saturated carbocycles. The van der Waals surface area contributed by atoms with E-state index < -0.39 is 0 Å². The van der Waals surface area contributed by atoms with Crippen LogP contribution in [0.4, 0.5) is 0 Å². The molecule has 0 heterocycles. The lowest BCUT2D eigenvalue weighted by atomic mass is 10.0. The van der Waals surface area contributed by atoms with Crippen LogP contribution in [0.15, 0.2) is 0 Å². The number of methoxy groups -OCH3 is 1. The van der Waals surface area contributed by atoms with E-state index in [2.05, 4.69) is 17.3 Å². The third-order valence-electron chi connectivity index (χ3n) is 12.8. The Morgan fingerprint density at radius 2 is 0.703 bits per heavy atom. The summed E-state index contributed by atoms with van der Waals surface area (Å²) in [6.07, 6.45) is 43.5. The molecule has 0 aromatic heterocycles. The Kier molecular flexibility index (Phi) is 51.6. The van der Waals surface area contributed by atoms with Gasteiger partial charge in [-0.25, -0.2) is 0 Å². The van der Waals surface area contributed by atoms with E-state index in [1.807, 2.05) is 0 Å². The molecule has 10 nitrogen and oxygen atoms in total. The minimum atomic E-state index is -0.0296. The van der Waals surface area contributed by atoms with Gasteiger partial charge in [-0.2, -0.15) is 0 Å². The first kappa shape index (κ1) is 62.7. The normalized spacial score (nSPS) is 12.2. The Labute approximate surface area is 395 Å². The molecular formula is C54H108N2O8. The van der Waals surface area contributed by atoms with Crippen LogP contribution in [0.1, 0.15) is 257 Å². The molecule has 0 fully saturated rings. The van der Waals surface area contributed by atoms with E-state index in [1.54, 1.807) is 7.11 Å². The number of aliphatic hydroxyl groups excluding tert-OH is 3. The van der Waals surface area contributed by atoms with Crippen LogP contribution in [0.3, 0.4) is 0 Å². The van der Waals surface area contributed by atoms with Gasteiger partial charge in [0, 0.05) is 46.4 Å². The molecule has 382 valence electrons. The van der Waals surface area contributed by atoms with E-state index in [0.29, 0.717) is 32.7 Å². The number of nitrogens with zero attached hydrogens (tertiary/aromatic N) is 1. The maximum absolute atomic E-state index is 12.8. The molecule has 0 amide bonds. The number of aliphatic hydroxyl groups is 3. The number of unbranched alkanes of at least 4 members (excludes halogenated alkanes) is 27. The van der Waals surface area contributed by atoms with Gasteiger partial charge in [0.05, 0.1) is 0 Å². The van der Waals surface area contributed by atoms with Crippen molar-refractivity contribution in [1.29, 1.82) is 0 Å². The Bertz CT molecular complexity index is 923. The van der Waals surface area contributed by atoms with Gasteiger partial charge >= 0.3 is 11.9 Å². The number of hydrogen-bond acceptors (Lipinski definition) is 10. The zero-order valence-electron chi connectivity index (χ0n) is 42.4. The first-order valence-electron chi connectivity index (χ1n) is 27.6. The van der Waals surface area contributed by atoms with Crippen LogP contribution in [0.25, 0.3) is 0 Å². The largest absolute Gasteiger partial charge is 0.462 e. The van der Waals surface area contributed by atoms with Gasteiger partial charge in [0.2, 0.25) is 0 Å². The summed E-state index contributed by atoms with van der Waals surface area (Å²) in [4.78, 5) is 28.0. The summed E-state index contributed by atoms with van der Waals surface area (Å²) in [6, 6.07) is 0. The van der Waals surface area contributed by atoms with Crippen LogP contribution >= 0.6 is 0 Å². The minimum Gasteiger partial charge on any atom is -0.462 e. The molecular weight excluding hydrogens is 805 g/mol. The standard InChI is InChI=1S/C54H108N2O8/c1-56(45-31-28-42-54(61)64-52(39-24-16-8-4-12-20-34-48-58)40-25-17-9-5-13-21-35-49-59)46-32-30-44-55-43-29-27-41-53(60)63-51(37-23-15-7-3-11-19-33-47-57)38-26-18-10-6-14-22-36-50-62-2/h51-52,55,57-59H,3-50H2,1-2H3. The first-order valence-corrected chi connectivity index (χ1v) is 27.6. The van der Waals surface area contributed by atoms with E-state index in [0.717, 1.165) is 168 Å². The molecule has 0 saturated heterocycles. The second-order valence-corrected chi connectivity index (χ2v) is 19.1. The molecule has 4 N–H and O–H groups in total. The molecule has 0 radical (unpaired) electrons. The molecule has 0 spiro atoms. The smallest absolute Gasteiger partial charge is 0.306 e. The van der Waals surface area contributed by atoms with Crippen molar-refractivity contribution >= 4 is 11.9 Å². The van der Waals surface area contributed by atoms with E-state index in [-0.39, 0.29) is 24.1 Å². The Balaban J connectivity index is 4.20. The highest BCUT2D eigenvalue weighted by molar-refractivity contribution is 5.69. The van der Waals surface area contributed by atoms with E-state index in [1.165, 1.54) is 109 Å². The predicted octanol–water partition coefficient (Wildman–Crippen LogP) is 12.6. The number of esters is 2. The maximum atomic E-state index is 12.8. The van der Waals surface area contributed by atoms with Gasteiger partial charge in [-0.15, -0.1) is 0 Å². The van der Waals surface area contributed by atoms with Crippen molar-refractivity contribution < 1.29 is 39.1 Å². The summed E-state index contributed by atoms with van der Waals surface area (Å²) in [7, 11) is 3.95. The summed E-state index contributed by atoms with van der Waals surface area (Å²) >= 11 is 0. The number of carbonyl (C=O) groups is 2. The van der Waals surface area contributed by atoms with E-state index in [9.17, 15) is 9.59 Å². The zero-order chi connectivity index (χ0) is 46.7. The van der Waals surface area contributed by atoms with Gasteiger partial charge in [0.25, 0.3) is 0 Å². The summed E-state index contributed by atoms with van der Waals surface area (Å²) in [6.45, 7) is 5.75. The van der Waals surface area contributed by atoms with Crippen molar-refractivity contribution in [2.24, 2.45) is 0 Å². The van der Waals surface area contributed by atoms with E-state index in [4.69, 9.17) is 29.5 Å². The van der Waals surface area contributed by atoms with Crippen molar-refractivity contribution in [2.75, 3.05) is 66.8 Å². The topological polar surface area (TPSA) is 138 Å². The molecule has 0 aliphatic rings. The number of nitrogens with one attached hydrogen (secondary N) is 1. The number of hydrogen-bond donors (Lipinski definition) is 4. The third-order valence-corrected chi connectivity index (χ3v) is 12.8. The second-order valence-electron chi connectivity index (χ2n) is 19.1. The van der Waals surface area contributed by atoms with Crippen molar-refractivity contribution in [3.8, 4) is 0 Å². The third kappa shape index (κ3) is 48.6. The average molecular weight is 913 g/mol. The van der Waals surface area contributed by atoms with Gasteiger partial charge in [-0.1, -0.05) is 128 Å². The number of rotatable bonds is 54. The molecule has 0 aliphatic carbocycles. The summed E-state index contributed by atoms with van der Waals surface area (Å²) in [5.41, 5.74) is 0. The molecule has 0 aromatic rings. The molecule has 0 aromatic carbocycles. The Morgan fingerprint density at radius 1 is 0.406 bits per heavy atom. The zero-order valence-corrected chi connectivity index (χ0v) is 42.4. The average Bonchev–Trinajstić information content (AvgIpc) is 3.29. The SMILES string of the molecule is COCCCCCCCCCC(CCCCCCCCCO)OC(=O)CCCCNCCCCN(C)CCCCC(=O)OC(CCCCCCCCCO)CCCCCCCCCO. The van der Waals surface area contributed by atoms with Gasteiger partial charge in [-0.3, -0.25) is 9.59 Å². The van der Waals surface area contributed by atoms with Crippen molar-refractivity contribution in [3.05, 3.63) is 0 Å². The number of ether oxygens (including phenoxy) is 3. The van der Waals surface area contributed by atoms with Crippen molar-refractivity contribution in [1.82, 2.24) is 10.2 Å². The van der Waals surface area contributed by atoms with Gasteiger partial charge in [0.1, 0.15) is 12.2 Å². The monoisotopic (exact) mass is 913 g/mol. The molecule has 0 bridgehead atoms. The van der Waals surface area contributed by atoms with Crippen molar-refractivity contribution in [3.63, 3.8) is 0 Å². The molecule has 1 unspecified atom stereocenters.